The third kappa shape index (κ3) is 2.73. The van der Waals surface area contributed by atoms with Gasteiger partial charge < -0.3 is 11.5 Å². The third-order valence-corrected chi connectivity index (χ3v) is 3.98. The summed E-state index contributed by atoms with van der Waals surface area (Å²) in [7, 11) is 0. The number of nitrogen functional groups attached to an aromatic ring is 1. The summed E-state index contributed by atoms with van der Waals surface area (Å²) in [5.74, 6) is 1.97. The zero-order valence-electron chi connectivity index (χ0n) is 11.6. The van der Waals surface area contributed by atoms with Gasteiger partial charge in [0, 0.05) is 11.9 Å². The van der Waals surface area contributed by atoms with Crippen LogP contribution in [0.25, 0.3) is 10.9 Å². The Morgan fingerprint density at radius 3 is 2.95 bits per heavy atom. The van der Waals surface area contributed by atoms with Crippen molar-refractivity contribution >= 4 is 16.7 Å². The van der Waals surface area contributed by atoms with E-state index in [-0.39, 0.29) is 0 Å². The number of fused-ring (bicyclic) bond motifs is 1. The number of para-hydroxylation sites is 1. The predicted molar refractivity (Wildman–Crippen MR) is 81.0 cm³/mol. The third-order valence-electron chi connectivity index (χ3n) is 3.98. The predicted octanol–water partition coefficient (Wildman–Crippen LogP) is 1.38. The Hall–Kier alpha value is -1.72. The van der Waals surface area contributed by atoms with Gasteiger partial charge in [0.25, 0.3) is 0 Å². The molecule has 1 saturated heterocycles. The first kappa shape index (κ1) is 13.3. The molecule has 2 heterocycles. The van der Waals surface area contributed by atoms with Crippen LogP contribution in [0.15, 0.2) is 24.3 Å². The van der Waals surface area contributed by atoms with Gasteiger partial charge in [-0.2, -0.15) is 0 Å². The molecular formula is C15H21N5. The van der Waals surface area contributed by atoms with E-state index in [1.807, 2.05) is 24.3 Å². The molecule has 2 aromatic rings. The molecule has 0 amide bonds. The first-order valence-electron chi connectivity index (χ1n) is 7.20. The second-order valence-corrected chi connectivity index (χ2v) is 5.52. The van der Waals surface area contributed by atoms with Gasteiger partial charge in [0.05, 0.1) is 12.1 Å². The van der Waals surface area contributed by atoms with Crippen molar-refractivity contribution in [2.24, 2.45) is 11.7 Å². The van der Waals surface area contributed by atoms with Crippen molar-refractivity contribution in [3.63, 3.8) is 0 Å². The van der Waals surface area contributed by atoms with E-state index in [1.54, 1.807) is 0 Å². The lowest BCUT2D eigenvalue weighted by Crippen LogP contribution is -2.38. The molecule has 0 spiro atoms. The zero-order valence-corrected chi connectivity index (χ0v) is 11.6. The quantitative estimate of drug-likeness (QED) is 0.881. The highest BCUT2D eigenvalue weighted by Crippen LogP contribution is 2.20. The largest absolute Gasteiger partial charge is 0.383 e. The molecule has 0 aliphatic carbocycles. The topological polar surface area (TPSA) is 81.1 Å². The number of nitrogens with zero attached hydrogens (tertiary/aromatic N) is 3. The number of piperidine rings is 1. The fourth-order valence-corrected chi connectivity index (χ4v) is 2.91. The van der Waals surface area contributed by atoms with Crippen LogP contribution in [-0.2, 0) is 6.54 Å². The maximum atomic E-state index is 6.03. The van der Waals surface area contributed by atoms with Crippen LogP contribution >= 0.6 is 0 Å². The smallest absolute Gasteiger partial charge is 0.145 e. The van der Waals surface area contributed by atoms with E-state index in [0.29, 0.717) is 11.7 Å². The first-order chi connectivity index (χ1) is 9.76. The van der Waals surface area contributed by atoms with E-state index >= 15 is 0 Å². The van der Waals surface area contributed by atoms with Crippen LogP contribution in [-0.4, -0.2) is 34.5 Å². The van der Waals surface area contributed by atoms with Crippen LogP contribution in [0.5, 0.6) is 0 Å². The summed E-state index contributed by atoms with van der Waals surface area (Å²) in [6, 6.07) is 7.87. The van der Waals surface area contributed by atoms with E-state index < -0.39 is 0 Å². The van der Waals surface area contributed by atoms with Crippen LogP contribution in [0.3, 0.4) is 0 Å². The second kappa shape index (κ2) is 5.73. The lowest BCUT2D eigenvalue weighted by molar-refractivity contribution is 0.167. The average Bonchev–Trinajstić information content (AvgIpc) is 2.47. The molecule has 1 atom stereocenters. The molecule has 5 nitrogen and oxygen atoms in total. The number of nitrogens with two attached hydrogens (primary N) is 2. The van der Waals surface area contributed by atoms with Crippen LogP contribution in [0.1, 0.15) is 18.7 Å². The Morgan fingerprint density at radius 2 is 2.10 bits per heavy atom. The van der Waals surface area contributed by atoms with E-state index in [1.165, 1.54) is 12.8 Å². The molecule has 20 heavy (non-hydrogen) atoms. The van der Waals surface area contributed by atoms with Gasteiger partial charge in [0.1, 0.15) is 11.6 Å². The van der Waals surface area contributed by atoms with Crippen molar-refractivity contribution in [2.75, 3.05) is 25.4 Å². The molecule has 0 radical (unpaired) electrons. The van der Waals surface area contributed by atoms with Crippen molar-refractivity contribution < 1.29 is 0 Å². The monoisotopic (exact) mass is 271 g/mol. The fraction of sp³-hybridized carbons (Fsp3) is 0.467. The summed E-state index contributed by atoms with van der Waals surface area (Å²) < 4.78 is 0. The minimum atomic E-state index is 0.568. The van der Waals surface area contributed by atoms with Gasteiger partial charge in [-0.1, -0.05) is 12.1 Å². The summed E-state index contributed by atoms with van der Waals surface area (Å²) in [6.45, 7) is 3.64. The number of likely N-dealkylation sites (tertiary alicyclic amines) is 1. The number of aromatic nitrogens is 2. The van der Waals surface area contributed by atoms with Gasteiger partial charge in [-0.15, -0.1) is 0 Å². The number of hydrogen-bond acceptors (Lipinski definition) is 5. The van der Waals surface area contributed by atoms with Crippen LogP contribution in [0.2, 0.25) is 0 Å². The summed E-state index contributed by atoms with van der Waals surface area (Å²) in [6.07, 6.45) is 2.43. The SMILES string of the molecule is NCC1CCCN(Cc2nc(N)c3ccccc3n2)C1. The summed E-state index contributed by atoms with van der Waals surface area (Å²) >= 11 is 0. The molecular weight excluding hydrogens is 250 g/mol. The molecule has 3 rings (SSSR count). The molecule has 106 valence electrons. The molecule has 0 bridgehead atoms. The van der Waals surface area contributed by atoms with Gasteiger partial charge in [0.2, 0.25) is 0 Å². The Bertz CT molecular complexity index is 598. The highest BCUT2D eigenvalue weighted by molar-refractivity contribution is 5.87. The second-order valence-electron chi connectivity index (χ2n) is 5.52. The molecule has 1 aliphatic heterocycles. The summed E-state index contributed by atoms with van der Waals surface area (Å²) in [5, 5.41) is 0.926. The molecule has 1 aromatic carbocycles. The standard InChI is InChI=1S/C15H21N5/c16-8-11-4-3-7-20(9-11)10-14-18-13-6-2-1-5-12(13)15(17)19-14/h1-2,5-6,11H,3-4,7-10,16H2,(H2,17,18,19). The molecule has 1 unspecified atom stereocenters. The minimum Gasteiger partial charge on any atom is -0.383 e. The number of anilines is 1. The summed E-state index contributed by atoms with van der Waals surface area (Å²) in [5.41, 5.74) is 12.7. The Balaban J connectivity index is 1.80. The van der Waals surface area contributed by atoms with Crippen LogP contribution in [0.4, 0.5) is 5.82 Å². The number of hydrogen-bond donors (Lipinski definition) is 2. The highest BCUT2D eigenvalue weighted by atomic mass is 15.2. The van der Waals surface area contributed by atoms with Crippen molar-refractivity contribution in [1.82, 2.24) is 14.9 Å². The van der Waals surface area contributed by atoms with Crippen LogP contribution in [0, 0.1) is 5.92 Å². The maximum Gasteiger partial charge on any atom is 0.145 e. The van der Waals surface area contributed by atoms with E-state index in [2.05, 4.69) is 14.9 Å². The Kier molecular flexibility index (Phi) is 3.80. The normalized spacial score (nSPS) is 20.4. The lowest BCUT2D eigenvalue weighted by atomic mass is 9.98. The van der Waals surface area contributed by atoms with E-state index in [0.717, 1.165) is 42.9 Å². The molecule has 4 N–H and O–H groups in total. The van der Waals surface area contributed by atoms with Gasteiger partial charge in [-0.3, -0.25) is 4.90 Å². The maximum absolute atomic E-state index is 6.03. The Morgan fingerprint density at radius 1 is 1.25 bits per heavy atom. The molecule has 1 aromatic heterocycles. The number of benzene rings is 1. The van der Waals surface area contributed by atoms with E-state index in [4.69, 9.17) is 11.5 Å². The minimum absolute atomic E-state index is 0.568. The van der Waals surface area contributed by atoms with Gasteiger partial charge in [-0.25, -0.2) is 9.97 Å². The summed E-state index contributed by atoms with van der Waals surface area (Å²) in [4.78, 5) is 11.4. The van der Waals surface area contributed by atoms with Gasteiger partial charge >= 0.3 is 0 Å². The van der Waals surface area contributed by atoms with Gasteiger partial charge in [-0.05, 0) is 44.0 Å². The van der Waals surface area contributed by atoms with Crippen molar-refractivity contribution in [3.05, 3.63) is 30.1 Å². The van der Waals surface area contributed by atoms with E-state index in [9.17, 15) is 0 Å². The molecule has 1 fully saturated rings. The molecule has 1 aliphatic rings. The van der Waals surface area contributed by atoms with Crippen molar-refractivity contribution in [3.8, 4) is 0 Å². The van der Waals surface area contributed by atoms with Gasteiger partial charge in [0.15, 0.2) is 0 Å². The highest BCUT2D eigenvalue weighted by Gasteiger charge is 2.19. The molecule has 0 saturated carbocycles. The number of rotatable bonds is 3. The average molecular weight is 271 g/mol. The fourth-order valence-electron chi connectivity index (χ4n) is 2.91. The van der Waals surface area contributed by atoms with Crippen molar-refractivity contribution in [1.29, 1.82) is 0 Å². The lowest BCUT2D eigenvalue weighted by Gasteiger charge is -2.31. The van der Waals surface area contributed by atoms with Crippen molar-refractivity contribution in [2.45, 2.75) is 19.4 Å². The Labute approximate surface area is 119 Å². The zero-order chi connectivity index (χ0) is 13.9. The first-order valence-corrected chi connectivity index (χ1v) is 7.20. The molecule has 5 heteroatoms. The van der Waals surface area contributed by atoms with Crippen LogP contribution < -0.4 is 11.5 Å².